The summed E-state index contributed by atoms with van der Waals surface area (Å²) < 4.78 is 27.4. The van der Waals surface area contributed by atoms with Crippen LogP contribution in [0.25, 0.3) is 0 Å². The zero-order chi connectivity index (χ0) is 35.3. The maximum absolute atomic E-state index is 14.4. The van der Waals surface area contributed by atoms with E-state index >= 15 is 0 Å². The minimum Gasteiger partial charge on any atom is -0.352 e. The van der Waals surface area contributed by atoms with E-state index in [4.69, 9.17) is 38.5 Å². The molecule has 2 spiro atoms. The van der Waals surface area contributed by atoms with E-state index in [-0.39, 0.29) is 47.7 Å². The van der Waals surface area contributed by atoms with Crippen molar-refractivity contribution in [1.82, 2.24) is 10.3 Å². The van der Waals surface area contributed by atoms with E-state index in [2.05, 4.69) is 38.0 Å². The largest absolute Gasteiger partial charge is 0.352 e. The second kappa shape index (κ2) is 12.7. The first kappa shape index (κ1) is 35.0. The second-order valence-electron chi connectivity index (χ2n) is 18.1. The van der Waals surface area contributed by atoms with Gasteiger partial charge in [0.2, 0.25) is 17.5 Å². The van der Waals surface area contributed by atoms with Crippen LogP contribution in [0, 0.1) is 53.3 Å². The summed E-state index contributed by atoms with van der Waals surface area (Å²) in [7, 11) is 0. The van der Waals surface area contributed by atoms with Crippen molar-refractivity contribution in [3.05, 3.63) is 30.1 Å². The van der Waals surface area contributed by atoms with Crippen LogP contribution in [0.5, 0.6) is 0 Å². The lowest BCUT2D eigenvalue weighted by atomic mass is 9.56. The van der Waals surface area contributed by atoms with Gasteiger partial charge in [0.25, 0.3) is 0 Å². The zero-order valence-electron chi connectivity index (χ0n) is 31.2. The van der Waals surface area contributed by atoms with Crippen LogP contribution >= 0.6 is 0 Å². The fourth-order valence-electron chi connectivity index (χ4n) is 12.2. The molecule has 10 aliphatic rings. The lowest BCUT2D eigenvalue weighted by Gasteiger charge is -2.61. The highest BCUT2D eigenvalue weighted by Gasteiger charge is 2.71. The van der Waals surface area contributed by atoms with Gasteiger partial charge in [0, 0.05) is 49.5 Å². The van der Waals surface area contributed by atoms with Crippen LogP contribution in [0.2, 0.25) is 0 Å². The lowest BCUT2D eigenvalue weighted by molar-refractivity contribution is -0.571. The van der Waals surface area contributed by atoms with Crippen molar-refractivity contribution < 1.29 is 43.3 Å². The lowest BCUT2D eigenvalue weighted by Crippen LogP contribution is -2.70. The van der Waals surface area contributed by atoms with Crippen molar-refractivity contribution in [3.8, 4) is 0 Å². The van der Waals surface area contributed by atoms with Gasteiger partial charge in [-0.05, 0) is 118 Å². The Kier molecular flexibility index (Phi) is 8.71. The van der Waals surface area contributed by atoms with Crippen LogP contribution < -0.4 is 5.32 Å². The molecule has 11 nitrogen and oxygen atoms in total. The van der Waals surface area contributed by atoms with Gasteiger partial charge in [-0.1, -0.05) is 27.7 Å². The molecular weight excluding hydrogens is 652 g/mol. The van der Waals surface area contributed by atoms with E-state index in [1.54, 1.807) is 12.4 Å². The molecule has 9 heterocycles. The second-order valence-corrected chi connectivity index (χ2v) is 18.1. The van der Waals surface area contributed by atoms with Gasteiger partial charge < -0.3 is 24.3 Å². The molecule has 0 unspecified atom stereocenters. The molecular formula is C40H58N2O9. The average molecular weight is 711 g/mol. The van der Waals surface area contributed by atoms with E-state index in [9.17, 15) is 4.79 Å². The van der Waals surface area contributed by atoms with Gasteiger partial charge in [0.15, 0.2) is 23.8 Å². The quantitative estimate of drug-likeness (QED) is 0.311. The van der Waals surface area contributed by atoms with Crippen LogP contribution in [-0.2, 0) is 49.8 Å². The Balaban J connectivity index is 1.00. The first-order valence-corrected chi connectivity index (χ1v) is 20.0. The van der Waals surface area contributed by atoms with Crippen LogP contribution in [0.3, 0.4) is 0 Å². The number of carbonyl (C=O) groups is 1. The van der Waals surface area contributed by atoms with Gasteiger partial charge >= 0.3 is 0 Å². The Morgan fingerprint density at radius 3 is 1.71 bits per heavy atom. The van der Waals surface area contributed by atoms with Gasteiger partial charge in [-0.15, -0.1) is 0 Å². The molecule has 4 bridgehead atoms. The predicted molar refractivity (Wildman–Crippen MR) is 182 cm³/mol. The fraction of sp³-hybridized carbons (Fsp3) is 0.850. The summed E-state index contributed by atoms with van der Waals surface area (Å²) in [6, 6.07) is 3.88. The summed E-state index contributed by atoms with van der Waals surface area (Å²) in [4.78, 5) is 43.6. The molecule has 1 amide bonds. The predicted octanol–water partition coefficient (Wildman–Crippen LogP) is 6.60. The molecule has 2 saturated carbocycles. The molecule has 1 aromatic heterocycles. The van der Waals surface area contributed by atoms with Crippen molar-refractivity contribution in [2.24, 2.45) is 53.3 Å². The summed E-state index contributed by atoms with van der Waals surface area (Å²) in [6.45, 7) is 13.6. The molecule has 8 aliphatic heterocycles. The van der Waals surface area contributed by atoms with Crippen LogP contribution in [0.1, 0.15) is 111 Å². The van der Waals surface area contributed by atoms with Crippen LogP contribution in [-0.4, -0.2) is 58.5 Å². The van der Waals surface area contributed by atoms with Gasteiger partial charge in [-0.2, -0.15) is 0 Å². The first-order chi connectivity index (χ1) is 24.4. The Bertz CT molecular complexity index is 1390. The molecule has 1 aromatic rings. The first-order valence-electron chi connectivity index (χ1n) is 20.0. The van der Waals surface area contributed by atoms with Gasteiger partial charge in [0.1, 0.15) is 0 Å². The molecule has 1 N–H and O–H groups in total. The maximum atomic E-state index is 14.4. The SMILES string of the molecule is C[C@H]1[C@@H](CC(C[C@H]2O[C@@H]3O[C@@]4(C)CC[C@H]5[C@H](C)CC[C@@H]([C@H]2C)[C@@]35OO4)C(=O)NCc2ccncc2)O[C@@H]2O[C@@]3(C)CC[C@H]4[C@H](C)CC[C@@H]1[C@@]24OO3. The number of aromatic nitrogens is 1. The van der Waals surface area contributed by atoms with Crippen LogP contribution in [0.15, 0.2) is 24.5 Å². The number of hydrogen-bond donors (Lipinski definition) is 1. The Morgan fingerprint density at radius 2 is 1.22 bits per heavy atom. The molecule has 11 heteroatoms. The molecule has 8 saturated heterocycles. The number of carbonyl (C=O) groups excluding carboxylic acids is 1. The normalized spacial score (nSPS) is 51.8. The van der Waals surface area contributed by atoms with Crippen molar-refractivity contribution >= 4 is 5.91 Å². The Morgan fingerprint density at radius 1 is 0.725 bits per heavy atom. The molecule has 10 fully saturated rings. The number of fused-ring (bicyclic) bond motifs is 4. The highest BCUT2D eigenvalue weighted by molar-refractivity contribution is 5.78. The van der Waals surface area contributed by atoms with Crippen molar-refractivity contribution in [3.63, 3.8) is 0 Å². The molecule has 16 atom stereocenters. The zero-order valence-corrected chi connectivity index (χ0v) is 31.2. The molecule has 0 aromatic carbocycles. The third-order valence-electron chi connectivity index (χ3n) is 15.2. The van der Waals surface area contributed by atoms with Gasteiger partial charge in [-0.25, -0.2) is 19.6 Å². The highest BCUT2D eigenvalue weighted by atomic mass is 17.3. The van der Waals surface area contributed by atoms with E-state index in [0.717, 1.165) is 56.9 Å². The monoisotopic (exact) mass is 710 g/mol. The number of rotatable bonds is 7. The summed E-state index contributed by atoms with van der Waals surface area (Å²) in [5, 5.41) is 3.27. The topological polar surface area (TPSA) is 116 Å². The fourth-order valence-corrected chi connectivity index (χ4v) is 12.2. The summed E-state index contributed by atoms with van der Waals surface area (Å²) in [5.41, 5.74) is -0.265. The van der Waals surface area contributed by atoms with Crippen molar-refractivity contribution in [2.45, 2.75) is 160 Å². The number of nitrogens with one attached hydrogen (secondary N) is 1. The Hall–Kier alpha value is -1.70. The number of pyridine rings is 1. The number of ether oxygens (including phenoxy) is 4. The molecule has 282 valence electrons. The van der Waals surface area contributed by atoms with E-state index in [1.807, 2.05) is 26.0 Å². The van der Waals surface area contributed by atoms with Crippen LogP contribution in [0.4, 0.5) is 0 Å². The third kappa shape index (κ3) is 5.49. The Labute approximate surface area is 302 Å². The van der Waals surface area contributed by atoms with Gasteiger partial charge in [-0.3, -0.25) is 9.78 Å². The molecule has 11 rings (SSSR count). The van der Waals surface area contributed by atoms with E-state index in [0.29, 0.717) is 43.1 Å². The van der Waals surface area contributed by atoms with E-state index < -0.39 is 35.4 Å². The van der Waals surface area contributed by atoms with E-state index in [1.165, 1.54) is 0 Å². The minimum atomic E-state index is -0.846. The van der Waals surface area contributed by atoms with Gasteiger partial charge in [0.05, 0.1) is 12.2 Å². The average Bonchev–Trinajstić information content (AvgIpc) is 3.49. The summed E-state index contributed by atoms with van der Waals surface area (Å²) in [5.74, 6) is 0.198. The number of nitrogens with zero attached hydrogens (tertiary/aromatic N) is 1. The maximum Gasteiger partial charge on any atom is 0.223 e. The van der Waals surface area contributed by atoms with Crippen molar-refractivity contribution in [2.75, 3.05) is 0 Å². The smallest absolute Gasteiger partial charge is 0.223 e. The molecule has 0 radical (unpaired) electrons. The number of hydrogen-bond acceptors (Lipinski definition) is 10. The standard InChI is InChI=1S/C40H58N2O9/c1-22-7-9-30-24(3)32(44-35-39(30)28(22)11-15-37(5,46-35)48-50-39)19-27(34(43)42-21-26-13-17-41-18-14-26)20-33-25(4)31-10-8-23(2)29-12-16-38(6)47-36(45-33)40(29,31)51-49-38/h13-14,17-18,22-25,27-33,35-36H,7-12,15-16,19-21H2,1-6H3,(H,42,43)/t22-,23-,24-,25-,28+,29+,30+,31+,32-,33-,35-,36-,37-,38-,39-,40-/m1/s1. The summed E-state index contributed by atoms with van der Waals surface area (Å²) in [6.07, 6.45) is 11.0. The van der Waals surface area contributed by atoms with Crippen molar-refractivity contribution in [1.29, 1.82) is 0 Å². The molecule has 2 aliphatic carbocycles. The molecule has 51 heavy (non-hydrogen) atoms. The third-order valence-corrected chi connectivity index (χ3v) is 15.2. The minimum absolute atomic E-state index is 0.00831. The highest BCUT2D eigenvalue weighted by Crippen LogP contribution is 2.63. The summed E-state index contributed by atoms with van der Waals surface area (Å²) >= 11 is 0. The number of amides is 1.